The molecule has 1 aromatic heterocycles. The minimum atomic E-state index is -0.179. The first kappa shape index (κ1) is 15.7. The Bertz CT molecular complexity index is 789. The van der Waals surface area contributed by atoms with Gasteiger partial charge in [-0.15, -0.1) is 0 Å². The number of amides is 1. The van der Waals surface area contributed by atoms with Gasteiger partial charge in [-0.1, -0.05) is 12.1 Å². The molecule has 0 unspecified atom stereocenters. The Morgan fingerprint density at radius 3 is 2.70 bits per heavy atom. The van der Waals surface area contributed by atoms with E-state index in [0.29, 0.717) is 24.0 Å². The van der Waals surface area contributed by atoms with Crippen LogP contribution in [-0.2, 0) is 16.1 Å². The summed E-state index contributed by atoms with van der Waals surface area (Å²) in [6.45, 7) is 6.93. The monoisotopic (exact) mass is 315 g/mol. The van der Waals surface area contributed by atoms with E-state index in [1.807, 2.05) is 32.9 Å². The molecule has 1 aliphatic rings. The largest absolute Gasteiger partial charge is 0.372 e. The van der Waals surface area contributed by atoms with Crippen LogP contribution in [0.25, 0.3) is 10.9 Å². The molecule has 0 bridgehead atoms. The van der Waals surface area contributed by atoms with E-state index in [1.54, 1.807) is 11.0 Å². The number of fused-ring (bicyclic) bond motifs is 1. The van der Waals surface area contributed by atoms with Crippen LogP contribution in [0.15, 0.2) is 29.3 Å². The van der Waals surface area contributed by atoms with Crippen molar-refractivity contribution in [2.24, 2.45) is 0 Å². The van der Waals surface area contributed by atoms with Crippen LogP contribution in [-0.4, -0.2) is 45.7 Å². The van der Waals surface area contributed by atoms with Crippen molar-refractivity contribution in [2.75, 3.05) is 13.1 Å². The van der Waals surface area contributed by atoms with E-state index >= 15 is 0 Å². The van der Waals surface area contributed by atoms with Gasteiger partial charge >= 0.3 is 0 Å². The number of aryl methyl sites for hydroxylation is 1. The van der Waals surface area contributed by atoms with Gasteiger partial charge in [-0.2, -0.15) is 0 Å². The third-order valence-corrected chi connectivity index (χ3v) is 4.13. The zero-order chi connectivity index (χ0) is 16.6. The zero-order valence-corrected chi connectivity index (χ0v) is 13.7. The minimum absolute atomic E-state index is 0.00908. The van der Waals surface area contributed by atoms with E-state index in [-0.39, 0.29) is 30.2 Å². The van der Waals surface area contributed by atoms with Crippen molar-refractivity contribution in [1.82, 2.24) is 14.5 Å². The number of hydrogen-bond acceptors (Lipinski definition) is 4. The number of morpholine rings is 1. The van der Waals surface area contributed by atoms with Crippen molar-refractivity contribution < 1.29 is 9.53 Å². The molecule has 6 heteroatoms. The van der Waals surface area contributed by atoms with E-state index in [4.69, 9.17) is 4.74 Å². The number of carbonyl (C=O) groups is 1. The van der Waals surface area contributed by atoms with Crippen molar-refractivity contribution in [2.45, 2.75) is 39.5 Å². The number of nitrogens with zero attached hydrogens (tertiary/aromatic N) is 3. The Morgan fingerprint density at radius 1 is 1.30 bits per heavy atom. The van der Waals surface area contributed by atoms with Gasteiger partial charge in [0.1, 0.15) is 6.54 Å². The summed E-state index contributed by atoms with van der Waals surface area (Å²) in [5.74, 6) is -0.0806. The van der Waals surface area contributed by atoms with E-state index in [2.05, 4.69) is 4.98 Å². The van der Waals surface area contributed by atoms with Gasteiger partial charge in [-0.3, -0.25) is 14.2 Å². The molecule has 1 fully saturated rings. The standard InChI is InChI=1S/C17H21N3O3/c1-11-5-4-6-14-16(11)18-10-20(17(14)22)9-15(21)19-7-12(2)23-13(3)8-19/h4-6,10,12-13H,7-9H2,1-3H3/t12-,13-/m1/s1. The molecule has 6 nitrogen and oxygen atoms in total. The Kier molecular flexibility index (Phi) is 4.17. The average Bonchev–Trinajstić information content (AvgIpc) is 2.49. The van der Waals surface area contributed by atoms with E-state index in [9.17, 15) is 9.59 Å². The molecule has 0 N–H and O–H groups in total. The Hall–Kier alpha value is -2.21. The molecular formula is C17H21N3O3. The van der Waals surface area contributed by atoms with Gasteiger partial charge in [0.25, 0.3) is 5.56 Å². The normalized spacial score (nSPS) is 21.6. The van der Waals surface area contributed by atoms with Gasteiger partial charge in [0.15, 0.2) is 0 Å². The Balaban J connectivity index is 1.85. The maximum Gasteiger partial charge on any atom is 0.261 e. The highest BCUT2D eigenvalue weighted by Crippen LogP contribution is 2.13. The predicted octanol–water partition coefficient (Wildman–Crippen LogP) is 1.34. The minimum Gasteiger partial charge on any atom is -0.372 e. The van der Waals surface area contributed by atoms with Crippen LogP contribution in [0.5, 0.6) is 0 Å². The zero-order valence-electron chi connectivity index (χ0n) is 13.7. The summed E-state index contributed by atoms with van der Waals surface area (Å²) in [4.78, 5) is 31.1. The number of hydrogen-bond donors (Lipinski definition) is 0. The summed E-state index contributed by atoms with van der Waals surface area (Å²) < 4.78 is 7.02. The number of ether oxygens (including phenoxy) is 1. The number of benzene rings is 1. The number of rotatable bonds is 2. The third kappa shape index (κ3) is 3.12. The lowest BCUT2D eigenvalue weighted by Gasteiger charge is -2.35. The molecule has 0 radical (unpaired) electrons. The number of para-hydroxylation sites is 1. The van der Waals surface area contributed by atoms with Crippen molar-refractivity contribution in [3.05, 3.63) is 40.4 Å². The molecule has 1 aliphatic heterocycles. The molecule has 0 spiro atoms. The van der Waals surface area contributed by atoms with Crippen LogP contribution >= 0.6 is 0 Å². The molecule has 3 rings (SSSR count). The third-order valence-electron chi connectivity index (χ3n) is 4.13. The highest BCUT2D eigenvalue weighted by Gasteiger charge is 2.26. The lowest BCUT2D eigenvalue weighted by atomic mass is 10.1. The van der Waals surface area contributed by atoms with E-state index < -0.39 is 0 Å². The maximum absolute atomic E-state index is 12.6. The van der Waals surface area contributed by atoms with Gasteiger partial charge in [0.2, 0.25) is 5.91 Å². The summed E-state index contributed by atoms with van der Waals surface area (Å²) in [5.41, 5.74) is 1.46. The summed E-state index contributed by atoms with van der Waals surface area (Å²) in [6.07, 6.45) is 1.48. The first-order chi connectivity index (χ1) is 11.0. The summed E-state index contributed by atoms with van der Waals surface area (Å²) in [6, 6.07) is 5.50. The topological polar surface area (TPSA) is 64.4 Å². The van der Waals surface area contributed by atoms with Crippen molar-refractivity contribution in [3.8, 4) is 0 Å². The fourth-order valence-electron chi connectivity index (χ4n) is 3.08. The molecule has 2 aromatic rings. The molecule has 23 heavy (non-hydrogen) atoms. The molecule has 2 atom stereocenters. The number of carbonyl (C=O) groups excluding carboxylic acids is 1. The predicted molar refractivity (Wildman–Crippen MR) is 87.3 cm³/mol. The van der Waals surface area contributed by atoms with Crippen LogP contribution in [0.1, 0.15) is 19.4 Å². The second-order valence-corrected chi connectivity index (χ2v) is 6.20. The lowest BCUT2D eigenvalue weighted by Crippen LogP contribution is -2.49. The molecule has 2 heterocycles. The van der Waals surface area contributed by atoms with Gasteiger partial charge in [-0.05, 0) is 32.4 Å². The summed E-state index contributed by atoms with van der Waals surface area (Å²) in [5, 5.41) is 0.545. The Labute approximate surface area is 134 Å². The van der Waals surface area contributed by atoms with Gasteiger partial charge in [-0.25, -0.2) is 4.98 Å². The van der Waals surface area contributed by atoms with Crippen molar-refractivity contribution in [3.63, 3.8) is 0 Å². The van der Waals surface area contributed by atoms with E-state index in [0.717, 1.165) is 5.56 Å². The first-order valence-electron chi connectivity index (χ1n) is 7.83. The van der Waals surface area contributed by atoms with Crippen LogP contribution in [0, 0.1) is 6.92 Å². The smallest absolute Gasteiger partial charge is 0.261 e. The molecule has 1 aromatic carbocycles. The highest BCUT2D eigenvalue weighted by atomic mass is 16.5. The lowest BCUT2D eigenvalue weighted by molar-refractivity contribution is -0.143. The van der Waals surface area contributed by atoms with Crippen LogP contribution in [0.3, 0.4) is 0 Å². The molecule has 1 saturated heterocycles. The quantitative estimate of drug-likeness (QED) is 0.839. The average molecular weight is 315 g/mol. The van der Waals surface area contributed by atoms with Gasteiger partial charge in [0.05, 0.1) is 29.4 Å². The van der Waals surface area contributed by atoms with Crippen LogP contribution in [0.2, 0.25) is 0 Å². The summed E-state index contributed by atoms with van der Waals surface area (Å²) in [7, 11) is 0. The van der Waals surface area contributed by atoms with Crippen molar-refractivity contribution >= 4 is 16.8 Å². The Morgan fingerprint density at radius 2 is 2.00 bits per heavy atom. The molecule has 1 amide bonds. The molecular weight excluding hydrogens is 294 g/mol. The fourth-order valence-corrected chi connectivity index (χ4v) is 3.08. The second-order valence-electron chi connectivity index (χ2n) is 6.20. The van der Waals surface area contributed by atoms with Crippen LogP contribution < -0.4 is 5.56 Å². The van der Waals surface area contributed by atoms with Gasteiger partial charge < -0.3 is 9.64 Å². The molecule has 0 saturated carbocycles. The SMILES string of the molecule is Cc1cccc2c(=O)n(CC(=O)N3C[C@@H](C)O[C@H](C)C3)cnc12. The first-order valence-corrected chi connectivity index (χ1v) is 7.83. The summed E-state index contributed by atoms with van der Waals surface area (Å²) >= 11 is 0. The fraction of sp³-hybridized carbons (Fsp3) is 0.471. The van der Waals surface area contributed by atoms with E-state index in [1.165, 1.54) is 10.9 Å². The second kappa shape index (κ2) is 6.12. The van der Waals surface area contributed by atoms with Crippen LogP contribution in [0.4, 0.5) is 0 Å². The van der Waals surface area contributed by atoms with Crippen molar-refractivity contribution in [1.29, 1.82) is 0 Å². The molecule has 0 aliphatic carbocycles. The number of aromatic nitrogens is 2. The highest BCUT2D eigenvalue weighted by molar-refractivity contribution is 5.81. The molecule has 122 valence electrons. The van der Waals surface area contributed by atoms with Gasteiger partial charge in [0, 0.05) is 13.1 Å². The maximum atomic E-state index is 12.6.